The van der Waals surface area contributed by atoms with E-state index in [4.69, 9.17) is 11.6 Å². The second-order valence-corrected chi connectivity index (χ2v) is 3.07. The summed E-state index contributed by atoms with van der Waals surface area (Å²) in [5.41, 5.74) is 2.17. The smallest absolute Gasteiger partial charge is 0.0925 e. The van der Waals surface area contributed by atoms with Crippen molar-refractivity contribution in [3.63, 3.8) is 0 Å². The third kappa shape index (κ3) is 2.23. The molecule has 1 N–H and O–H groups in total. The monoisotopic (exact) mass is 184 g/mol. The second-order valence-electron chi connectivity index (χ2n) is 2.77. The number of hydrogen-bond acceptors (Lipinski definition) is 1. The van der Waals surface area contributed by atoms with E-state index >= 15 is 0 Å². The van der Waals surface area contributed by atoms with Gasteiger partial charge >= 0.3 is 0 Å². The zero-order valence-corrected chi connectivity index (χ0v) is 7.88. The molecule has 0 aliphatic carbocycles. The molecule has 0 heterocycles. The Bertz CT molecular complexity index is 230. The summed E-state index contributed by atoms with van der Waals surface area (Å²) in [7, 11) is 0. The fourth-order valence-corrected chi connectivity index (χ4v) is 1.24. The van der Waals surface area contributed by atoms with Gasteiger partial charge in [-0.25, -0.2) is 0 Å². The molecule has 1 nitrogen and oxygen atoms in total. The number of halogens is 1. The van der Waals surface area contributed by atoms with Crippen LogP contribution in [0.5, 0.6) is 0 Å². The molecule has 0 aliphatic heterocycles. The molecule has 0 aliphatic rings. The molecule has 1 atom stereocenters. The van der Waals surface area contributed by atoms with Crippen molar-refractivity contribution in [2.45, 2.75) is 19.4 Å². The Morgan fingerprint density at radius 1 is 1.33 bits per heavy atom. The molecule has 0 saturated heterocycles. The van der Waals surface area contributed by atoms with Gasteiger partial charge in [-0.1, -0.05) is 31.2 Å². The predicted molar refractivity (Wildman–Crippen MR) is 51.5 cm³/mol. The minimum absolute atomic E-state index is 0.255. The van der Waals surface area contributed by atoms with Crippen molar-refractivity contribution in [2.75, 3.05) is 5.88 Å². The van der Waals surface area contributed by atoms with Crippen LogP contribution in [-0.4, -0.2) is 11.0 Å². The van der Waals surface area contributed by atoms with Crippen molar-refractivity contribution < 1.29 is 5.11 Å². The summed E-state index contributed by atoms with van der Waals surface area (Å²) < 4.78 is 0. The quantitative estimate of drug-likeness (QED) is 0.716. The van der Waals surface area contributed by atoms with Gasteiger partial charge in [0.05, 0.1) is 12.0 Å². The van der Waals surface area contributed by atoms with E-state index in [0.717, 1.165) is 12.0 Å². The van der Waals surface area contributed by atoms with E-state index in [-0.39, 0.29) is 5.88 Å². The van der Waals surface area contributed by atoms with Crippen LogP contribution in [-0.2, 0) is 6.42 Å². The Morgan fingerprint density at radius 2 is 1.92 bits per heavy atom. The standard InChI is InChI=1S/C10H13ClO/c1-2-8-3-5-9(6-4-8)10(12)7-11/h3-6,10,12H,2,7H2,1H3. The van der Waals surface area contributed by atoms with Crippen molar-refractivity contribution in [1.29, 1.82) is 0 Å². The van der Waals surface area contributed by atoms with Crippen LogP contribution in [0.25, 0.3) is 0 Å². The van der Waals surface area contributed by atoms with Crippen molar-refractivity contribution in [3.05, 3.63) is 35.4 Å². The highest BCUT2D eigenvalue weighted by molar-refractivity contribution is 6.18. The summed E-state index contributed by atoms with van der Waals surface area (Å²) >= 11 is 5.51. The first kappa shape index (κ1) is 9.56. The Hall–Kier alpha value is -0.530. The minimum atomic E-state index is -0.530. The van der Waals surface area contributed by atoms with Crippen LogP contribution in [0.2, 0.25) is 0 Å². The van der Waals surface area contributed by atoms with Crippen molar-refractivity contribution in [1.82, 2.24) is 0 Å². The lowest BCUT2D eigenvalue weighted by Crippen LogP contribution is -1.98. The molecular weight excluding hydrogens is 172 g/mol. The number of aliphatic hydroxyl groups excluding tert-OH is 1. The van der Waals surface area contributed by atoms with Crippen molar-refractivity contribution in [3.8, 4) is 0 Å². The van der Waals surface area contributed by atoms with Gasteiger partial charge in [-0.2, -0.15) is 0 Å². The number of aliphatic hydroxyl groups is 1. The van der Waals surface area contributed by atoms with Crippen LogP contribution in [0.1, 0.15) is 24.2 Å². The van der Waals surface area contributed by atoms with Crippen LogP contribution in [0.4, 0.5) is 0 Å². The van der Waals surface area contributed by atoms with Gasteiger partial charge in [0, 0.05) is 0 Å². The van der Waals surface area contributed by atoms with Gasteiger partial charge < -0.3 is 5.11 Å². The number of aryl methyl sites for hydroxylation is 1. The molecule has 1 aromatic carbocycles. The number of hydrogen-bond donors (Lipinski definition) is 1. The molecule has 1 aromatic rings. The lowest BCUT2D eigenvalue weighted by Gasteiger charge is -2.06. The number of benzene rings is 1. The molecule has 1 unspecified atom stereocenters. The van der Waals surface area contributed by atoms with Gasteiger partial charge in [-0.05, 0) is 17.5 Å². The maximum Gasteiger partial charge on any atom is 0.0925 e. The van der Waals surface area contributed by atoms with Gasteiger partial charge in [0.15, 0.2) is 0 Å². The van der Waals surface area contributed by atoms with E-state index in [2.05, 4.69) is 6.92 Å². The van der Waals surface area contributed by atoms with E-state index in [1.807, 2.05) is 24.3 Å². The lowest BCUT2D eigenvalue weighted by molar-refractivity contribution is 0.202. The van der Waals surface area contributed by atoms with Crippen molar-refractivity contribution in [2.24, 2.45) is 0 Å². The highest BCUT2D eigenvalue weighted by atomic mass is 35.5. The number of alkyl halides is 1. The van der Waals surface area contributed by atoms with E-state index in [1.54, 1.807) is 0 Å². The van der Waals surface area contributed by atoms with Crippen molar-refractivity contribution >= 4 is 11.6 Å². The van der Waals surface area contributed by atoms with E-state index in [9.17, 15) is 5.11 Å². The van der Waals surface area contributed by atoms with Crippen LogP contribution in [0.15, 0.2) is 24.3 Å². The summed E-state index contributed by atoms with van der Waals surface area (Å²) in [5, 5.41) is 9.36. The average Bonchev–Trinajstić information content (AvgIpc) is 2.17. The Balaban J connectivity index is 2.77. The molecule has 0 fully saturated rings. The molecular formula is C10H13ClO. The molecule has 0 saturated carbocycles. The SMILES string of the molecule is CCc1ccc(C(O)CCl)cc1. The predicted octanol–water partition coefficient (Wildman–Crippen LogP) is 2.52. The minimum Gasteiger partial charge on any atom is -0.387 e. The summed E-state index contributed by atoms with van der Waals surface area (Å²) in [6, 6.07) is 7.88. The third-order valence-electron chi connectivity index (χ3n) is 1.92. The zero-order chi connectivity index (χ0) is 8.97. The maximum atomic E-state index is 9.36. The van der Waals surface area contributed by atoms with Crippen LogP contribution in [0, 0.1) is 0 Å². The molecule has 2 heteroatoms. The number of rotatable bonds is 3. The first-order chi connectivity index (χ1) is 5.77. The molecule has 0 aromatic heterocycles. The summed E-state index contributed by atoms with van der Waals surface area (Å²) in [6.07, 6.45) is 0.495. The van der Waals surface area contributed by atoms with Gasteiger partial charge in [0.2, 0.25) is 0 Å². The van der Waals surface area contributed by atoms with Crippen LogP contribution < -0.4 is 0 Å². The zero-order valence-electron chi connectivity index (χ0n) is 7.13. The first-order valence-corrected chi connectivity index (χ1v) is 4.64. The normalized spacial score (nSPS) is 12.9. The summed E-state index contributed by atoms with van der Waals surface area (Å²) in [5.74, 6) is 0.255. The van der Waals surface area contributed by atoms with Gasteiger partial charge in [-0.15, -0.1) is 11.6 Å². The molecule has 0 amide bonds. The Kier molecular flexibility index (Phi) is 3.57. The maximum absolute atomic E-state index is 9.36. The molecule has 66 valence electrons. The molecule has 0 bridgehead atoms. The summed E-state index contributed by atoms with van der Waals surface area (Å²) in [4.78, 5) is 0. The van der Waals surface area contributed by atoms with Gasteiger partial charge in [-0.3, -0.25) is 0 Å². The van der Waals surface area contributed by atoms with Gasteiger partial charge in [0.1, 0.15) is 0 Å². The van der Waals surface area contributed by atoms with E-state index < -0.39 is 6.10 Å². The average molecular weight is 185 g/mol. The van der Waals surface area contributed by atoms with E-state index in [1.165, 1.54) is 5.56 Å². The topological polar surface area (TPSA) is 20.2 Å². The Morgan fingerprint density at radius 3 is 2.33 bits per heavy atom. The molecule has 0 radical (unpaired) electrons. The molecule has 1 rings (SSSR count). The Labute approximate surface area is 78.0 Å². The fraction of sp³-hybridized carbons (Fsp3) is 0.400. The van der Waals surface area contributed by atoms with E-state index in [0.29, 0.717) is 0 Å². The molecule has 0 spiro atoms. The molecule has 12 heavy (non-hydrogen) atoms. The highest BCUT2D eigenvalue weighted by Crippen LogP contribution is 2.14. The highest BCUT2D eigenvalue weighted by Gasteiger charge is 2.03. The van der Waals surface area contributed by atoms with Crippen LogP contribution >= 0.6 is 11.6 Å². The fourth-order valence-electron chi connectivity index (χ4n) is 1.06. The van der Waals surface area contributed by atoms with Gasteiger partial charge in [0.25, 0.3) is 0 Å². The second kappa shape index (κ2) is 4.48. The summed E-state index contributed by atoms with van der Waals surface area (Å²) in [6.45, 7) is 2.10. The first-order valence-electron chi connectivity index (χ1n) is 4.10. The lowest BCUT2D eigenvalue weighted by atomic mass is 10.1. The van der Waals surface area contributed by atoms with Crippen LogP contribution in [0.3, 0.4) is 0 Å². The third-order valence-corrected chi connectivity index (χ3v) is 2.21. The largest absolute Gasteiger partial charge is 0.387 e.